The molecule has 58 heavy (non-hydrogen) atoms. The summed E-state index contributed by atoms with van der Waals surface area (Å²) < 4.78 is 54.0. The van der Waals surface area contributed by atoms with E-state index in [9.17, 15) is 37.9 Å². The molecule has 6 atom stereocenters. The zero-order chi connectivity index (χ0) is 42.7. The van der Waals surface area contributed by atoms with Crippen molar-refractivity contribution >= 4 is 22.1 Å². The molecule has 0 aliphatic carbocycles. The number of rotatable bonds is 38. The molecule has 13 heteroatoms. The second kappa shape index (κ2) is 35.6. The molecule has 1 aliphatic heterocycles. The molecule has 0 amide bonds. The maximum atomic E-state index is 12.8. The number of ether oxygens (including phenoxy) is 4. The molecule has 0 radical (unpaired) electrons. The highest BCUT2D eigenvalue weighted by Crippen LogP contribution is 2.24. The fourth-order valence-corrected chi connectivity index (χ4v) is 7.56. The minimum atomic E-state index is -4.60. The SMILES string of the molecule is C=CCCCCCCCCCCCCCCCC(=O)O[C@H](COC(=O)CCCCCCCC=C=CCCCCCCC)CO[C@H]1O[C@H](CS(=O)(=O)O)[C@@H](O)C(O)C1O. The average molecular weight is 845 g/mol. The molecule has 4 N–H and O–H groups in total. The third-order valence-corrected chi connectivity index (χ3v) is 11.2. The lowest BCUT2D eigenvalue weighted by Crippen LogP contribution is -2.60. The molecule has 12 nitrogen and oxygen atoms in total. The van der Waals surface area contributed by atoms with Crippen LogP contribution in [-0.4, -0.2) is 96.0 Å². The number of carbonyl (C=O) groups is 2. The summed E-state index contributed by atoms with van der Waals surface area (Å²) in [5.74, 6) is -2.01. The zero-order valence-corrected chi connectivity index (χ0v) is 36.6. The van der Waals surface area contributed by atoms with E-state index in [1.807, 2.05) is 6.08 Å². The van der Waals surface area contributed by atoms with E-state index in [4.69, 9.17) is 18.9 Å². The third-order valence-electron chi connectivity index (χ3n) is 10.4. The van der Waals surface area contributed by atoms with Crippen LogP contribution in [0.5, 0.6) is 0 Å². The average Bonchev–Trinajstić information content (AvgIpc) is 3.18. The van der Waals surface area contributed by atoms with Gasteiger partial charge in [0.15, 0.2) is 12.4 Å². The van der Waals surface area contributed by atoms with Crippen molar-refractivity contribution in [1.29, 1.82) is 0 Å². The van der Waals surface area contributed by atoms with Crippen molar-refractivity contribution in [3.8, 4) is 0 Å². The van der Waals surface area contributed by atoms with E-state index < -0.39 is 71.2 Å². The van der Waals surface area contributed by atoms with Gasteiger partial charge in [-0.05, 0) is 63.5 Å². The Kier molecular flexibility index (Phi) is 33.1. The van der Waals surface area contributed by atoms with Crippen molar-refractivity contribution in [1.82, 2.24) is 0 Å². The molecule has 0 saturated carbocycles. The van der Waals surface area contributed by atoms with Crippen LogP contribution in [0.3, 0.4) is 0 Å². The number of hydrogen-bond acceptors (Lipinski definition) is 11. The van der Waals surface area contributed by atoms with Crippen molar-refractivity contribution in [2.75, 3.05) is 19.0 Å². The van der Waals surface area contributed by atoms with E-state index in [0.29, 0.717) is 12.8 Å². The summed E-state index contributed by atoms with van der Waals surface area (Å²) >= 11 is 0. The number of unbranched alkanes of at least 4 members (excludes halogenated alkanes) is 23. The first-order chi connectivity index (χ1) is 28.0. The van der Waals surface area contributed by atoms with Gasteiger partial charge in [0.1, 0.15) is 36.8 Å². The second-order valence-electron chi connectivity index (χ2n) is 15.9. The fourth-order valence-electron chi connectivity index (χ4n) is 6.87. The minimum Gasteiger partial charge on any atom is -0.462 e. The minimum absolute atomic E-state index is 0.159. The summed E-state index contributed by atoms with van der Waals surface area (Å²) in [5.41, 5.74) is 3.28. The Morgan fingerprint density at radius 3 is 1.62 bits per heavy atom. The standard InChI is InChI=1S/C45H80O12S/c1-3-5-7-9-11-13-15-17-19-21-23-25-27-29-31-33-40(46)54-35-38(36-55-45-44(50)43(49)42(48)39(57-45)37-58(51,52)53)56-41(47)34-32-30-28-26-24-22-20-18-16-14-12-10-8-6-4-2/h4,15,19,38-39,42-45,48-50H,2-3,5-14,16,18,20-37H2,1H3,(H,51,52,53)/t17?,38-,39-,42-,43?,44?,45+/m1/s1. The molecule has 2 unspecified atom stereocenters. The van der Waals surface area contributed by atoms with Crippen LogP contribution in [0.1, 0.15) is 187 Å². The summed E-state index contributed by atoms with van der Waals surface area (Å²) in [5, 5.41) is 30.9. The summed E-state index contributed by atoms with van der Waals surface area (Å²) in [6.07, 6.45) is 26.1. The predicted molar refractivity (Wildman–Crippen MR) is 228 cm³/mol. The molecule has 338 valence electrons. The smallest absolute Gasteiger partial charge is 0.306 e. The van der Waals surface area contributed by atoms with Gasteiger partial charge in [-0.3, -0.25) is 14.1 Å². The van der Waals surface area contributed by atoms with E-state index in [1.54, 1.807) is 0 Å². The van der Waals surface area contributed by atoms with Crippen LogP contribution in [0.2, 0.25) is 0 Å². The molecule has 0 aromatic heterocycles. The summed E-state index contributed by atoms with van der Waals surface area (Å²) in [4.78, 5) is 25.4. The van der Waals surface area contributed by atoms with Crippen LogP contribution < -0.4 is 0 Å². The number of aliphatic hydroxyl groups is 3. The van der Waals surface area contributed by atoms with E-state index >= 15 is 0 Å². The Balaban J connectivity index is 2.46. The molecule has 0 spiro atoms. The van der Waals surface area contributed by atoms with Crippen molar-refractivity contribution in [2.24, 2.45) is 0 Å². The largest absolute Gasteiger partial charge is 0.462 e. The maximum Gasteiger partial charge on any atom is 0.306 e. The quantitative estimate of drug-likeness (QED) is 0.0152. The summed E-state index contributed by atoms with van der Waals surface area (Å²) in [6, 6.07) is 0. The number of allylic oxidation sites excluding steroid dienone is 2. The molecular formula is C45H80O12S. The van der Waals surface area contributed by atoms with Crippen LogP contribution in [0.4, 0.5) is 0 Å². The predicted octanol–water partition coefficient (Wildman–Crippen LogP) is 8.99. The van der Waals surface area contributed by atoms with Gasteiger partial charge in [0.2, 0.25) is 0 Å². The Morgan fingerprint density at radius 2 is 1.12 bits per heavy atom. The van der Waals surface area contributed by atoms with Crippen molar-refractivity contribution in [2.45, 2.75) is 224 Å². The van der Waals surface area contributed by atoms with Crippen molar-refractivity contribution < 1.29 is 56.8 Å². The van der Waals surface area contributed by atoms with Crippen LogP contribution in [0.15, 0.2) is 30.5 Å². The molecule has 0 aromatic rings. The van der Waals surface area contributed by atoms with Crippen LogP contribution in [-0.2, 0) is 38.7 Å². The van der Waals surface area contributed by atoms with Gasteiger partial charge in [-0.25, -0.2) is 0 Å². The second-order valence-corrected chi connectivity index (χ2v) is 17.4. The van der Waals surface area contributed by atoms with Gasteiger partial charge in [-0.1, -0.05) is 129 Å². The number of carbonyl (C=O) groups excluding carboxylic acids is 2. The highest BCUT2D eigenvalue weighted by Gasteiger charge is 2.46. The summed E-state index contributed by atoms with van der Waals surface area (Å²) in [7, 11) is -4.60. The molecule has 1 aliphatic rings. The lowest BCUT2D eigenvalue weighted by molar-refractivity contribution is -0.297. The van der Waals surface area contributed by atoms with Gasteiger partial charge in [0.25, 0.3) is 10.1 Å². The normalized spacial score (nSPS) is 19.9. The molecule has 0 bridgehead atoms. The molecule has 1 fully saturated rings. The highest BCUT2D eigenvalue weighted by atomic mass is 32.2. The Bertz CT molecular complexity index is 1220. The molecule has 0 aromatic carbocycles. The zero-order valence-electron chi connectivity index (χ0n) is 35.8. The molecule has 1 rings (SSSR count). The van der Waals surface area contributed by atoms with Gasteiger partial charge < -0.3 is 34.3 Å². The van der Waals surface area contributed by atoms with Crippen LogP contribution in [0, 0.1) is 0 Å². The number of hydrogen-bond donors (Lipinski definition) is 4. The monoisotopic (exact) mass is 845 g/mol. The number of aliphatic hydroxyl groups excluding tert-OH is 3. The topological polar surface area (TPSA) is 186 Å². The molecular weight excluding hydrogens is 765 g/mol. The highest BCUT2D eigenvalue weighted by molar-refractivity contribution is 7.85. The first kappa shape index (κ1) is 53.9. The lowest BCUT2D eigenvalue weighted by atomic mass is 10.00. The Labute approximate surface area is 351 Å². The van der Waals surface area contributed by atoms with Crippen molar-refractivity contribution in [3.05, 3.63) is 30.5 Å². The van der Waals surface area contributed by atoms with E-state index in [0.717, 1.165) is 64.2 Å². The van der Waals surface area contributed by atoms with Crippen LogP contribution >= 0.6 is 0 Å². The molecule has 1 heterocycles. The van der Waals surface area contributed by atoms with Gasteiger partial charge in [-0.15, -0.1) is 12.3 Å². The maximum absolute atomic E-state index is 12.8. The lowest BCUT2D eigenvalue weighted by Gasteiger charge is -2.40. The van der Waals surface area contributed by atoms with Gasteiger partial charge in [0.05, 0.1) is 6.61 Å². The number of esters is 2. The fraction of sp³-hybridized carbons (Fsp3) is 0.844. The van der Waals surface area contributed by atoms with Gasteiger partial charge in [0, 0.05) is 12.8 Å². The summed E-state index contributed by atoms with van der Waals surface area (Å²) in [6.45, 7) is 5.25. The van der Waals surface area contributed by atoms with Gasteiger partial charge in [-0.2, -0.15) is 8.42 Å². The first-order valence-corrected chi connectivity index (χ1v) is 24.2. The molecule has 1 saturated heterocycles. The first-order valence-electron chi connectivity index (χ1n) is 22.6. The van der Waals surface area contributed by atoms with E-state index in [1.165, 1.54) is 89.9 Å². The third kappa shape index (κ3) is 30.0. The Hall–Kier alpha value is -2.09. The van der Waals surface area contributed by atoms with E-state index in [-0.39, 0.29) is 19.4 Å². The van der Waals surface area contributed by atoms with E-state index in [2.05, 4.69) is 31.4 Å². The van der Waals surface area contributed by atoms with Crippen molar-refractivity contribution in [3.63, 3.8) is 0 Å². The Morgan fingerprint density at radius 1 is 0.655 bits per heavy atom. The van der Waals surface area contributed by atoms with Gasteiger partial charge >= 0.3 is 11.9 Å². The van der Waals surface area contributed by atoms with Crippen LogP contribution in [0.25, 0.3) is 0 Å².